The molecular weight excluding hydrogens is 358 g/mol. The van der Waals surface area contributed by atoms with Crippen LogP contribution in [0.4, 0.5) is 10.6 Å². The van der Waals surface area contributed by atoms with Crippen molar-refractivity contribution in [3.8, 4) is 11.4 Å². The summed E-state index contributed by atoms with van der Waals surface area (Å²) < 4.78 is 0. The van der Waals surface area contributed by atoms with Crippen molar-refractivity contribution < 1.29 is 4.79 Å². The molecule has 6 nitrogen and oxygen atoms in total. The molecule has 0 saturated carbocycles. The predicted molar refractivity (Wildman–Crippen MR) is 110 cm³/mol. The second kappa shape index (κ2) is 7.15. The molecule has 1 aliphatic rings. The first-order valence-electron chi connectivity index (χ1n) is 9.17. The molecule has 0 spiro atoms. The molecular formula is C20H23N5OS. The Morgan fingerprint density at radius 2 is 1.85 bits per heavy atom. The van der Waals surface area contributed by atoms with Crippen LogP contribution in [0.5, 0.6) is 0 Å². The molecule has 27 heavy (non-hydrogen) atoms. The number of anilines is 1. The smallest absolute Gasteiger partial charge is 0.314 e. The fraction of sp³-hybridized carbons (Fsp3) is 0.350. The third-order valence-corrected chi connectivity index (χ3v) is 6.25. The predicted octanol–water partition coefficient (Wildman–Crippen LogP) is 3.57. The Morgan fingerprint density at radius 1 is 1.07 bits per heavy atom. The highest BCUT2D eigenvalue weighted by molar-refractivity contribution is 7.18. The molecule has 140 valence electrons. The van der Waals surface area contributed by atoms with Crippen LogP contribution in [0.1, 0.15) is 16.9 Å². The lowest BCUT2D eigenvalue weighted by Gasteiger charge is -2.23. The van der Waals surface area contributed by atoms with Gasteiger partial charge in [0.1, 0.15) is 10.6 Å². The van der Waals surface area contributed by atoms with Crippen LogP contribution in [0.2, 0.25) is 0 Å². The zero-order valence-corrected chi connectivity index (χ0v) is 16.4. The summed E-state index contributed by atoms with van der Waals surface area (Å²) in [6, 6.07) is 9.73. The average Bonchev–Trinajstić information content (AvgIpc) is 2.85. The van der Waals surface area contributed by atoms with E-state index in [1.54, 1.807) is 16.2 Å². The lowest BCUT2D eigenvalue weighted by atomic mass is 10.1. The van der Waals surface area contributed by atoms with E-state index in [1.165, 1.54) is 10.4 Å². The van der Waals surface area contributed by atoms with Gasteiger partial charge in [0.25, 0.3) is 0 Å². The van der Waals surface area contributed by atoms with Crippen molar-refractivity contribution in [2.24, 2.45) is 5.73 Å². The minimum Gasteiger partial charge on any atom is -0.354 e. The molecule has 2 N–H and O–H groups in total. The summed E-state index contributed by atoms with van der Waals surface area (Å²) >= 11 is 1.71. The standard InChI is InChI=1S/C20H23N5OS/c1-13-14(2)27-19-16(13)18(22-17(23-19)15-7-4-3-5-8-15)24-9-6-10-25(12-11-24)20(21)26/h3-5,7-8H,6,9-12H2,1-2H3,(H2,21,26). The quantitative estimate of drug-likeness (QED) is 0.736. The highest BCUT2D eigenvalue weighted by atomic mass is 32.1. The third-order valence-electron chi connectivity index (χ3n) is 5.15. The Morgan fingerprint density at radius 3 is 2.59 bits per heavy atom. The summed E-state index contributed by atoms with van der Waals surface area (Å²) in [5.41, 5.74) is 7.73. The van der Waals surface area contributed by atoms with Crippen LogP contribution < -0.4 is 10.6 Å². The van der Waals surface area contributed by atoms with Gasteiger partial charge in [-0.2, -0.15) is 0 Å². The summed E-state index contributed by atoms with van der Waals surface area (Å²) in [6.45, 7) is 7.13. The van der Waals surface area contributed by atoms with E-state index < -0.39 is 0 Å². The van der Waals surface area contributed by atoms with Crippen LogP contribution in [0.3, 0.4) is 0 Å². The molecule has 3 aromatic rings. The molecule has 2 amide bonds. The zero-order chi connectivity index (χ0) is 19.0. The van der Waals surface area contributed by atoms with Gasteiger partial charge < -0.3 is 15.5 Å². The number of carbonyl (C=O) groups excluding carboxylic acids is 1. The average molecular weight is 382 g/mol. The van der Waals surface area contributed by atoms with Crippen molar-refractivity contribution in [2.75, 3.05) is 31.1 Å². The lowest BCUT2D eigenvalue weighted by Crippen LogP contribution is -2.38. The number of thiophene rings is 1. The number of hydrogen-bond acceptors (Lipinski definition) is 5. The van der Waals surface area contributed by atoms with Gasteiger partial charge in [-0.05, 0) is 25.8 Å². The molecule has 4 rings (SSSR count). The minimum absolute atomic E-state index is 0.350. The number of carbonyl (C=O) groups is 1. The van der Waals surface area contributed by atoms with Crippen LogP contribution >= 0.6 is 11.3 Å². The topological polar surface area (TPSA) is 75.3 Å². The number of fused-ring (bicyclic) bond motifs is 1. The fourth-order valence-corrected chi connectivity index (χ4v) is 4.55. The number of nitrogens with zero attached hydrogens (tertiary/aromatic N) is 4. The molecule has 0 bridgehead atoms. The zero-order valence-electron chi connectivity index (χ0n) is 15.6. The second-order valence-corrected chi connectivity index (χ2v) is 8.07. The van der Waals surface area contributed by atoms with Crippen LogP contribution in [0.25, 0.3) is 21.6 Å². The first-order valence-corrected chi connectivity index (χ1v) is 9.98. The second-order valence-electron chi connectivity index (χ2n) is 6.87. The summed E-state index contributed by atoms with van der Waals surface area (Å²) in [7, 11) is 0. The number of urea groups is 1. The summed E-state index contributed by atoms with van der Waals surface area (Å²) in [6.07, 6.45) is 0.872. The van der Waals surface area contributed by atoms with E-state index in [0.717, 1.165) is 46.9 Å². The molecule has 3 heterocycles. The molecule has 7 heteroatoms. The molecule has 1 aromatic carbocycles. The fourth-order valence-electron chi connectivity index (χ4n) is 3.52. The number of primary amides is 1. The van der Waals surface area contributed by atoms with Gasteiger partial charge in [0, 0.05) is 36.6 Å². The van der Waals surface area contributed by atoms with Crippen molar-refractivity contribution >= 4 is 33.4 Å². The van der Waals surface area contributed by atoms with Crippen LogP contribution in [0.15, 0.2) is 30.3 Å². The maximum Gasteiger partial charge on any atom is 0.314 e. The number of hydrogen-bond donors (Lipinski definition) is 1. The highest BCUT2D eigenvalue weighted by Gasteiger charge is 2.23. The van der Waals surface area contributed by atoms with E-state index >= 15 is 0 Å². The van der Waals surface area contributed by atoms with E-state index in [0.29, 0.717) is 13.1 Å². The highest BCUT2D eigenvalue weighted by Crippen LogP contribution is 2.36. The van der Waals surface area contributed by atoms with Crippen molar-refractivity contribution in [1.29, 1.82) is 0 Å². The molecule has 1 fully saturated rings. The van der Waals surface area contributed by atoms with E-state index in [4.69, 9.17) is 15.7 Å². The number of benzene rings is 1. The third kappa shape index (κ3) is 3.35. The van der Waals surface area contributed by atoms with E-state index in [9.17, 15) is 4.79 Å². The van der Waals surface area contributed by atoms with Gasteiger partial charge in [0.2, 0.25) is 0 Å². The first kappa shape index (κ1) is 17.7. The van der Waals surface area contributed by atoms with Crippen molar-refractivity contribution in [3.05, 3.63) is 40.8 Å². The summed E-state index contributed by atoms with van der Waals surface area (Å²) in [4.78, 5) is 27.6. The van der Waals surface area contributed by atoms with Gasteiger partial charge in [-0.15, -0.1) is 11.3 Å². The molecule has 1 saturated heterocycles. The minimum atomic E-state index is -0.350. The van der Waals surface area contributed by atoms with Crippen molar-refractivity contribution in [1.82, 2.24) is 14.9 Å². The number of amides is 2. The molecule has 0 aliphatic carbocycles. The van der Waals surface area contributed by atoms with Gasteiger partial charge in [0.05, 0.1) is 5.39 Å². The van der Waals surface area contributed by atoms with Gasteiger partial charge in [0.15, 0.2) is 5.82 Å². The molecule has 2 aromatic heterocycles. The molecule has 0 atom stereocenters. The maximum absolute atomic E-state index is 11.6. The number of aromatic nitrogens is 2. The van der Waals surface area contributed by atoms with Crippen LogP contribution in [-0.4, -0.2) is 47.1 Å². The van der Waals surface area contributed by atoms with Crippen molar-refractivity contribution in [2.45, 2.75) is 20.3 Å². The number of nitrogens with two attached hydrogens (primary N) is 1. The lowest BCUT2D eigenvalue weighted by molar-refractivity contribution is 0.211. The van der Waals surface area contributed by atoms with Crippen LogP contribution in [-0.2, 0) is 0 Å². The number of aryl methyl sites for hydroxylation is 2. The maximum atomic E-state index is 11.6. The summed E-state index contributed by atoms with van der Waals surface area (Å²) in [5.74, 6) is 1.71. The van der Waals surface area contributed by atoms with Gasteiger partial charge in [-0.1, -0.05) is 30.3 Å². The molecule has 0 radical (unpaired) electrons. The van der Waals surface area contributed by atoms with Gasteiger partial charge >= 0.3 is 6.03 Å². The normalized spacial score (nSPS) is 15.2. The number of rotatable bonds is 2. The van der Waals surface area contributed by atoms with Crippen molar-refractivity contribution in [3.63, 3.8) is 0 Å². The van der Waals surface area contributed by atoms with E-state index in [1.807, 2.05) is 30.3 Å². The van der Waals surface area contributed by atoms with Gasteiger partial charge in [-0.25, -0.2) is 14.8 Å². The van der Waals surface area contributed by atoms with Crippen LogP contribution in [0, 0.1) is 13.8 Å². The Balaban J connectivity index is 1.81. The Labute approximate surface area is 162 Å². The Kier molecular flexibility index (Phi) is 4.70. The Hall–Kier alpha value is -2.67. The van der Waals surface area contributed by atoms with E-state index in [-0.39, 0.29) is 6.03 Å². The largest absolute Gasteiger partial charge is 0.354 e. The van der Waals surface area contributed by atoms with E-state index in [2.05, 4.69) is 18.7 Å². The molecule has 1 aliphatic heterocycles. The van der Waals surface area contributed by atoms with Gasteiger partial charge in [-0.3, -0.25) is 0 Å². The summed E-state index contributed by atoms with van der Waals surface area (Å²) in [5, 5.41) is 1.13. The first-order chi connectivity index (χ1) is 13.0. The SMILES string of the molecule is Cc1sc2nc(-c3ccccc3)nc(N3CCCN(C(N)=O)CC3)c2c1C. The Bertz CT molecular complexity index is 985. The molecule has 0 unspecified atom stereocenters. The monoisotopic (exact) mass is 381 g/mol.